The summed E-state index contributed by atoms with van der Waals surface area (Å²) in [5.74, 6) is 0.224. The second kappa shape index (κ2) is 5.77. The van der Waals surface area contributed by atoms with Gasteiger partial charge in [0, 0.05) is 25.5 Å². The third-order valence-corrected chi connectivity index (χ3v) is 3.08. The maximum absolute atomic E-state index is 12.2. The van der Waals surface area contributed by atoms with Crippen LogP contribution in [0.3, 0.4) is 0 Å². The Labute approximate surface area is 102 Å². The zero-order valence-electron chi connectivity index (χ0n) is 10.2. The third-order valence-electron chi connectivity index (χ3n) is 3.08. The molecule has 92 valence electrons. The number of rotatable bonds is 4. The standard InChI is InChI=1S/C13H19N3O/c1-2-15-12-6-4-8-16(13(12)17)10-11-5-3-7-14-9-11/h3,5,7,9,12,15H,2,4,6,8,10H2,1H3. The van der Waals surface area contributed by atoms with Crippen molar-refractivity contribution in [1.82, 2.24) is 15.2 Å². The first-order chi connectivity index (χ1) is 8.31. The molecule has 2 heterocycles. The molecule has 0 bridgehead atoms. The molecule has 0 aliphatic carbocycles. The minimum Gasteiger partial charge on any atom is -0.337 e. The van der Waals surface area contributed by atoms with Crippen LogP contribution in [0.5, 0.6) is 0 Å². The fourth-order valence-electron chi connectivity index (χ4n) is 2.25. The minimum atomic E-state index is 0.00502. The van der Waals surface area contributed by atoms with E-state index in [4.69, 9.17) is 0 Å². The van der Waals surface area contributed by atoms with Crippen molar-refractivity contribution >= 4 is 5.91 Å². The number of hydrogen-bond acceptors (Lipinski definition) is 3. The number of pyridine rings is 1. The first-order valence-electron chi connectivity index (χ1n) is 6.22. The van der Waals surface area contributed by atoms with E-state index in [1.54, 1.807) is 6.20 Å². The van der Waals surface area contributed by atoms with E-state index in [0.29, 0.717) is 6.54 Å². The number of likely N-dealkylation sites (tertiary alicyclic amines) is 1. The quantitative estimate of drug-likeness (QED) is 0.849. The Kier molecular flexibility index (Phi) is 4.09. The molecule has 1 fully saturated rings. The first kappa shape index (κ1) is 12.0. The van der Waals surface area contributed by atoms with Crippen molar-refractivity contribution in [1.29, 1.82) is 0 Å². The summed E-state index contributed by atoms with van der Waals surface area (Å²) in [6.07, 6.45) is 5.60. The van der Waals surface area contributed by atoms with Crippen LogP contribution in [0, 0.1) is 0 Å². The van der Waals surface area contributed by atoms with Gasteiger partial charge in [0.15, 0.2) is 0 Å². The second-order valence-electron chi connectivity index (χ2n) is 4.37. The zero-order chi connectivity index (χ0) is 12.1. The average molecular weight is 233 g/mol. The van der Waals surface area contributed by atoms with E-state index in [1.165, 1.54) is 0 Å². The highest BCUT2D eigenvalue weighted by Crippen LogP contribution is 2.14. The summed E-state index contributed by atoms with van der Waals surface area (Å²) in [4.78, 5) is 18.2. The minimum absolute atomic E-state index is 0.00502. The van der Waals surface area contributed by atoms with E-state index < -0.39 is 0 Å². The largest absolute Gasteiger partial charge is 0.337 e. The van der Waals surface area contributed by atoms with Gasteiger partial charge in [-0.05, 0) is 31.0 Å². The number of nitrogens with zero attached hydrogens (tertiary/aromatic N) is 2. The summed E-state index contributed by atoms with van der Waals surface area (Å²) in [6.45, 7) is 4.41. The summed E-state index contributed by atoms with van der Waals surface area (Å²) < 4.78 is 0. The molecule has 1 N–H and O–H groups in total. The topological polar surface area (TPSA) is 45.2 Å². The molecule has 1 aromatic heterocycles. The van der Waals surface area contributed by atoms with Crippen molar-refractivity contribution in [3.63, 3.8) is 0 Å². The number of carbonyl (C=O) groups excluding carboxylic acids is 1. The fraction of sp³-hybridized carbons (Fsp3) is 0.538. The Balaban J connectivity index is 1.98. The van der Waals surface area contributed by atoms with Crippen LogP contribution in [-0.4, -0.2) is 34.9 Å². The highest BCUT2D eigenvalue weighted by atomic mass is 16.2. The van der Waals surface area contributed by atoms with Crippen LogP contribution in [0.2, 0.25) is 0 Å². The number of piperidine rings is 1. The van der Waals surface area contributed by atoms with E-state index in [0.717, 1.165) is 31.5 Å². The SMILES string of the molecule is CCNC1CCCN(Cc2cccnc2)C1=O. The number of nitrogens with one attached hydrogen (secondary N) is 1. The van der Waals surface area contributed by atoms with Gasteiger partial charge in [0.1, 0.15) is 0 Å². The molecule has 1 amide bonds. The van der Waals surface area contributed by atoms with Crippen LogP contribution in [0.25, 0.3) is 0 Å². The third kappa shape index (κ3) is 3.03. The lowest BCUT2D eigenvalue weighted by Crippen LogP contribution is -2.50. The molecular weight excluding hydrogens is 214 g/mol. The van der Waals surface area contributed by atoms with Gasteiger partial charge in [0.2, 0.25) is 5.91 Å². The highest BCUT2D eigenvalue weighted by Gasteiger charge is 2.27. The van der Waals surface area contributed by atoms with Crippen LogP contribution in [0.15, 0.2) is 24.5 Å². The number of carbonyl (C=O) groups is 1. The smallest absolute Gasteiger partial charge is 0.240 e. The molecule has 1 atom stereocenters. The molecule has 1 aromatic rings. The molecule has 1 aliphatic heterocycles. The van der Waals surface area contributed by atoms with Gasteiger partial charge in [-0.15, -0.1) is 0 Å². The zero-order valence-corrected chi connectivity index (χ0v) is 10.2. The number of amides is 1. The molecule has 0 spiro atoms. The molecule has 17 heavy (non-hydrogen) atoms. The Morgan fingerprint density at radius 1 is 1.59 bits per heavy atom. The Morgan fingerprint density at radius 3 is 3.18 bits per heavy atom. The molecule has 0 saturated carbocycles. The maximum Gasteiger partial charge on any atom is 0.240 e. The summed E-state index contributed by atoms with van der Waals surface area (Å²) in [5.41, 5.74) is 1.10. The summed E-state index contributed by atoms with van der Waals surface area (Å²) >= 11 is 0. The van der Waals surface area contributed by atoms with Crippen molar-refractivity contribution in [3.05, 3.63) is 30.1 Å². The molecule has 1 aliphatic rings. The Morgan fingerprint density at radius 2 is 2.47 bits per heavy atom. The van der Waals surface area contributed by atoms with Gasteiger partial charge in [0.25, 0.3) is 0 Å². The monoisotopic (exact) mass is 233 g/mol. The van der Waals surface area contributed by atoms with Gasteiger partial charge < -0.3 is 10.2 Å². The number of hydrogen-bond donors (Lipinski definition) is 1. The van der Waals surface area contributed by atoms with Crippen LogP contribution in [0.4, 0.5) is 0 Å². The normalized spacial score (nSPS) is 20.6. The van der Waals surface area contributed by atoms with Gasteiger partial charge in [-0.25, -0.2) is 0 Å². The molecule has 1 unspecified atom stereocenters. The van der Waals surface area contributed by atoms with E-state index in [9.17, 15) is 4.79 Å². The van der Waals surface area contributed by atoms with E-state index >= 15 is 0 Å². The average Bonchev–Trinajstić information content (AvgIpc) is 2.36. The fourth-order valence-corrected chi connectivity index (χ4v) is 2.25. The van der Waals surface area contributed by atoms with Crippen molar-refractivity contribution in [2.75, 3.05) is 13.1 Å². The van der Waals surface area contributed by atoms with Gasteiger partial charge in [-0.3, -0.25) is 9.78 Å². The molecule has 4 heteroatoms. The number of aromatic nitrogens is 1. The maximum atomic E-state index is 12.2. The number of likely N-dealkylation sites (N-methyl/N-ethyl adjacent to an activating group) is 1. The lowest BCUT2D eigenvalue weighted by Gasteiger charge is -2.32. The second-order valence-corrected chi connectivity index (χ2v) is 4.37. The molecule has 1 saturated heterocycles. The summed E-state index contributed by atoms with van der Waals surface area (Å²) in [5, 5.41) is 3.24. The van der Waals surface area contributed by atoms with Crippen LogP contribution >= 0.6 is 0 Å². The predicted octanol–water partition coefficient (Wildman–Crippen LogP) is 1.18. The predicted molar refractivity (Wildman–Crippen MR) is 66.4 cm³/mol. The lowest BCUT2D eigenvalue weighted by molar-refractivity contribution is -0.136. The molecular formula is C13H19N3O. The van der Waals surface area contributed by atoms with Gasteiger partial charge in [-0.2, -0.15) is 0 Å². The van der Waals surface area contributed by atoms with Gasteiger partial charge >= 0.3 is 0 Å². The van der Waals surface area contributed by atoms with Crippen molar-refractivity contribution in [2.24, 2.45) is 0 Å². The van der Waals surface area contributed by atoms with E-state index in [1.807, 2.05) is 30.2 Å². The summed E-state index contributed by atoms with van der Waals surface area (Å²) in [6, 6.07) is 3.92. The van der Waals surface area contributed by atoms with Crippen molar-refractivity contribution < 1.29 is 4.79 Å². The van der Waals surface area contributed by atoms with E-state index in [-0.39, 0.29) is 11.9 Å². The Hall–Kier alpha value is -1.42. The Bertz CT molecular complexity index is 364. The van der Waals surface area contributed by atoms with Gasteiger partial charge in [0.05, 0.1) is 6.04 Å². The first-order valence-corrected chi connectivity index (χ1v) is 6.22. The summed E-state index contributed by atoms with van der Waals surface area (Å²) in [7, 11) is 0. The van der Waals surface area contributed by atoms with Gasteiger partial charge in [-0.1, -0.05) is 13.0 Å². The van der Waals surface area contributed by atoms with E-state index in [2.05, 4.69) is 10.3 Å². The van der Waals surface area contributed by atoms with Crippen LogP contribution in [-0.2, 0) is 11.3 Å². The highest BCUT2D eigenvalue weighted by molar-refractivity contribution is 5.82. The van der Waals surface area contributed by atoms with Crippen molar-refractivity contribution in [3.8, 4) is 0 Å². The van der Waals surface area contributed by atoms with Crippen LogP contribution < -0.4 is 5.32 Å². The molecule has 0 aromatic carbocycles. The lowest BCUT2D eigenvalue weighted by atomic mass is 10.0. The molecule has 2 rings (SSSR count). The van der Waals surface area contributed by atoms with Crippen LogP contribution in [0.1, 0.15) is 25.3 Å². The molecule has 0 radical (unpaired) electrons. The van der Waals surface area contributed by atoms with Crippen molar-refractivity contribution in [2.45, 2.75) is 32.4 Å². The molecule has 4 nitrogen and oxygen atoms in total.